The molecule has 2 aliphatic heterocycles. The Morgan fingerprint density at radius 2 is 1.70 bits per heavy atom. The van der Waals surface area contributed by atoms with E-state index in [0.717, 1.165) is 77.7 Å². The normalized spacial score (nSPS) is 21.5. The second kappa shape index (κ2) is 14.6. The number of hydrogen-bond donors (Lipinski definition) is 1. The van der Waals surface area contributed by atoms with E-state index in [-0.39, 0.29) is 40.8 Å². The fourth-order valence-corrected chi connectivity index (χ4v) is 7.80. The molecular weight excluding hydrogens is 612 g/mol. The summed E-state index contributed by atoms with van der Waals surface area (Å²) in [4.78, 5) is 28.7. The summed E-state index contributed by atoms with van der Waals surface area (Å²) in [5.74, 6) is 0.972. The number of ether oxygens (including phenoxy) is 1. The van der Waals surface area contributed by atoms with Crippen molar-refractivity contribution in [1.82, 2.24) is 25.1 Å². The van der Waals surface area contributed by atoms with Crippen LogP contribution in [0.15, 0.2) is 30.7 Å². The van der Waals surface area contributed by atoms with Gasteiger partial charge >= 0.3 is 6.18 Å². The quantitative estimate of drug-likeness (QED) is 0.273. The first-order valence-corrected chi connectivity index (χ1v) is 17.1. The van der Waals surface area contributed by atoms with Crippen LogP contribution in [0.4, 0.5) is 23.4 Å². The number of anilines is 1. The van der Waals surface area contributed by atoms with Crippen LogP contribution in [0.5, 0.6) is 11.5 Å². The Kier molecular flexibility index (Phi) is 11.0. The van der Waals surface area contributed by atoms with Crippen molar-refractivity contribution in [1.29, 1.82) is 0 Å². The average molecular weight is 663 g/mol. The number of hydrogen-bond acceptors (Lipinski definition) is 7. The summed E-state index contributed by atoms with van der Waals surface area (Å²) in [7, 11) is 0. The van der Waals surface area contributed by atoms with E-state index in [4.69, 9.17) is 4.74 Å². The molecule has 3 aliphatic rings. The van der Waals surface area contributed by atoms with Gasteiger partial charge in [-0.3, -0.25) is 4.79 Å². The zero-order valence-electron chi connectivity index (χ0n) is 28.3. The van der Waals surface area contributed by atoms with Gasteiger partial charge in [0, 0.05) is 37.8 Å². The fraction of sp³-hybridized carbons (Fsp3) is 0.686. The predicted octanol–water partition coefficient (Wildman–Crippen LogP) is 7.06. The molecule has 2 aromatic rings. The van der Waals surface area contributed by atoms with Crippen molar-refractivity contribution in [2.45, 2.75) is 110 Å². The van der Waals surface area contributed by atoms with Crippen molar-refractivity contribution < 1.29 is 27.1 Å². The van der Waals surface area contributed by atoms with Crippen molar-refractivity contribution in [3.63, 3.8) is 0 Å². The molecule has 12 heteroatoms. The molecule has 2 atom stereocenters. The number of benzene rings is 1. The summed E-state index contributed by atoms with van der Waals surface area (Å²) in [5, 5.41) is 2.80. The molecule has 3 heterocycles. The maximum absolute atomic E-state index is 14.4. The zero-order chi connectivity index (χ0) is 33.9. The summed E-state index contributed by atoms with van der Waals surface area (Å²) >= 11 is 0. The van der Waals surface area contributed by atoms with Crippen LogP contribution in [0.25, 0.3) is 0 Å². The number of piperidine rings is 1. The van der Waals surface area contributed by atoms with Gasteiger partial charge in [0.1, 0.15) is 23.9 Å². The van der Waals surface area contributed by atoms with Gasteiger partial charge in [0.05, 0.1) is 11.8 Å². The molecule has 5 rings (SSSR count). The highest BCUT2D eigenvalue weighted by Gasteiger charge is 2.42. The third kappa shape index (κ3) is 8.54. The van der Waals surface area contributed by atoms with Gasteiger partial charge in [-0.1, -0.05) is 0 Å². The van der Waals surface area contributed by atoms with Crippen LogP contribution in [0.1, 0.15) is 89.9 Å². The van der Waals surface area contributed by atoms with Crippen molar-refractivity contribution in [2.75, 3.05) is 37.6 Å². The highest BCUT2D eigenvalue weighted by Crippen LogP contribution is 2.45. The lowest BCUT2D eigenvalue weighted by Gasteiger charge is -2.47. The largest absolute Gasteiger partial charge is 0.451 e. The third-order valence-corrected chi connectivity index (χ3v) is 10.4. The number of alkyl halides is 3. The van der Waals surface area contributed by atoms with Crippen LogP contribution in [0.3, 0.4) is 0 Å². The van der Waals surface area contributed by atoms with E-state index in [0.29, 0.717) is 17.5 Å². The molecule has 1 saturated carbocycles. The van der Waals surface area contributed by atoms with Gasteiger partial charge in [0.25, 0.3) is 5.91 Å². The molecule has 0 radical (unpaired) electrons. The van der Waals surface area contributed by atoms with E-state index in [1.165, 1.54) is 31.5 Å². The van der Waals surface area contributed by atoms with Gasteiger partial charge in [-0.15, -0.1) is 0 Å². The number of halogens is 4. The molecule has 1 N–H and O–H groups in total. The molecule has 1 spiro atoms. The highest BCUT2D eigenvalue weighted by molar-refractivity contribution is 5.97. The molecule has 47 heavy (non-hydrogen) atoms. The minimum atomic E-state index is -4.20. The highest BCUT2D eigenvalue weighted by atomic mass is 19.4. The van der Waals surface area contributed by atoms with Gasteiger partial charge < -0.3 is 24.8 Å². The maximum atomic E-state index is 14.4. The van der Waals surface area contributed by atoms with E-state index in [1.807, 2.05) is 27.7 Å². The van der Waals surface area contributed by atoms with E-state index < -0.39 is 18.0 Å². The van der Waals surface area contributed by atoms with Crippen LogP contribution < -0.4 is 15.0 Å². The molecule has 8 nitrogen and oxygen atoms in total. The number of amides is 1. The van der Waals surface area contributed by atoms with Crippen molar-refractivity contribution in [2.24, 2.45) is 11.3 Å². The van der Waals surface area contributed by atoms with E-state index in [1.54, 1.807) is 11.1 Å². The first-order valence-electron chi connectivity index (χ1n) is 17.1. The number of carbonyl (C=O) groups excluding carboxylic acids is 1. The van der Waals surface area contributed by atoms with Crippen LogP contribution >= 0.6 is 0 Å². The first-order chi connectivity index (χ1) is 22.2. The third-order valence-electron chi connectivity index (χ3n) is 10.4. The second-order valence-electron chi connectivity index (χ2n) is 14.5. The fourth-order valence-electron chi connectivity index (χ4n) is 7.80. The topological polar surface area (TPSA) is 73.8 Å². The molecule has 3 fully saturated rings. The van der Waals surface area contributed by atoms with Gasteiger partial charge in [-0.05, 0) is 122 Å². The predicted molar refractivity (Wildman–Crippen MR) is 174 cm³/mol. The zero-order valence-corrected chi connectivity index (χ0v) is 28.3. The van der Waals surface area contributed by atoms with Crippen LogP contribution in [-0.4, -0.2) is 88.7 Å². The Morgan fingerprint density at radius 1 is 1.02 bits per heavy atom. The van der Waals surface area contributed by atoms with Crippen molar-refractivity contribution >= 4 is 11.7 Å². The Labute approximate surface area is 276 Å². The molecule has 0 bridgehead atoms. The van der Waals surface area contributed by atoms with Gasteiger partial charge in [0.15, 0.2) is 11.6 Å². The van der Waals surface area contributed by atoms with Crippen LogP contribution in [-0.2, 0) is 0 Å². The van der Waals surface area contributed by atoms with Gasteiger partial charge in [-0.25, -0.2) is 14.4 Å². The smallest absolute Gasteiger partial charge is 0.403 e. The van der Waals surface area contributed by atoms with Crippen molar-refractivity contribution in [3.8, 4) is 11.5 Å². The summed E-state index contributed by atoms with van der Waals surface area (Å²) in [6.45, 7) is 13.6. The molecule has 1 aromatic carbocycles. The lowest BCUT2D eigenvalue weighted by atomic mass is 9.67. The van der Waals surface area contributed by atoms with Crippen molar-refractivity contribution in [3.05, 3.63) is 42.1 Å². The number of likely N-dealkylation sites (tertiary alicyclic amines) is 1. The maximum Gasteiger partial charge on any atom is 0.403 e. The summed E-state index contributed by atoms with van der Waals surface area (Å²) in [6.07, 6.45) is 5.68. The molecule has 1 aromatic heterocycles. The summed E-state index contributed by atoms with van der Waals surface area (Å²) in [6, 6.07) is 2.33. The number of carbonyl (C=O) groups is 1. The van der Waals surface area contributed by atoms with Crippen LogP contribution in [0, 0.1) is 17.2 Å². The lowest BCUT2D eigenvalue weighted by Crippen LogP contribution is -2.49. The Hall–Kier alpha value is -2.99. The molecule has 2 saturated heterocycles. The Bertz CT molecular complexity index is 1350. The van der Waals surface area contributed by atoms with E-state index in [2.05, 4.69) is 25.1 Å². The number of aromatic nitrogens is 2. The molecule has 260 valence electrons. The number of nitrogens with one attached hydrogen (secondary N) is 1. The van der Waals surface area contributed by atoms with Gasteiger partial charge in [-0.2, -0.15) is 13.2 Å². The number of nitrogens with zero attached hydrogens (tertiary/aromatic N) is 5. The minimum absolute atomic E-state index is 0.0553. The molecule has 0 unspecified atom stereocenters. The minimum Gasteiger partial charge on any atom is -0.451 e. The Morgan fingerprint density at radius 3 is 2.34 bits per heavy atom. The molecule has 1 amide bonds. The average Bonchev–Trinajstić information content (AvgIpc) is 3.48. The molecule has 1 aliphatic carbocycles. The lowest BCUT2D eigenvalue weighted by molar-refractivity contribution is -0.154. The van der Waals surface area contributed by atoms with E-state index >= 15 is 0 Å². The molecular formula is C35H50F4N6O2. The standard InChI is InChI=1S/C35H50F4N6O2/c1-23(2)45(24(3)4)33(46)29-18-27(36)6-7-30(29)47-31-19-40-22-41-32(31)44-15-10-26(21-44)20-43-16-13-34(14-17-43)11-8-28(9-12-34)42-25(5)35(37,38)39/h6-7,18-19,22-26,28,42H,8-17,20-21H2,1-5H3/t25-,26-/m0/s1. The van der Waals surface area contributed by atoms with E-state index in [9.17, 15) is 22.4 Å². The Balaban J connectivity index is 1.17. The van der Waals surface area contributed by atoms with Crippen LogP contribution in [0.2, 0.25) is 0 Å². The SMILES string of the molecule is CC(C)N(C(=O)c1cc(F)ccc1Oc1cncnc1N1CC[C@@H](CN2CCC3(CCC(N[C@@H](C)C(F)(F)F)CC3)CC2)C1)C(C)C. The summed E-state index contributed by atoms with van der Waals surface area (Å²) < 4.78 is 59.7. The number of rotatable bonds is 10. The van der Waals surface area contributed by atoms with Gasteiger partial charge in [0.2, 0.25) is 0 Å². The first kappa shape index (κ1) is 35.3. The summed E-state index contributed by atoms with van der Waals surface area (Å²) in [5.41, 5.74) is 0.414. The monoisotopic (exact) mass is 662 g/mol. The second-order valence-corrected chi connectivity index (χ2v) is 14.5.